The van der Waals surface area contributed by atoms with Crippen molar-refractivity contribution in [2.45, 2.75) is 4.90 Å². The summed E-state index contributed by atoms with van der Waals surface area (Å²) >= 11 is 3.22. The highest BCUT2D eigenvalue weighted by atomic mass is 79.9. The van der Waals surface area contributed by atoms with Gasteiger partial charge in [-0.25, -0.2) is 0 Å². The van der Waals surface area contributed by atoms with E-state index in [9.17, 15) is 13.2 Å². The molecule has 2 aromatic rings. The minimum Gasteiger partial charge on any atom is -0.378 e. The number of carbonyl (C=O) groups excluding carboxylic acids is 1. The monoisotopic (exact) mass is 340 g/mol. The molecule has 0 fully saturated rings. The molecular weight excluding hydrogens is 332 g/mol. The fourth-order valence-corrected chi connectivity index (χ4v) is 2.64. The zero-order chi connectivity index (χ0) is 13.9. The molecule has 0 aliphatic rings. The lowest BCUT2D eigenvalue weighted by Crippen LogP contribution is -2.10. The second-order valence-electron chi connectivity index (χ2n) is 3.65. The van der Waals surface area contributed by atoms with E-state index in [1.807, 2.05) is 0 Å². The van der Waals surface area contributed by atoms with Gasteiger partial charge in [0.25, 0.3) is 0 Å². The van der Waals surface area contributed by atoms with E-state index in [0.717, 1.165) is 4.47 Å². The number of halogens is 1. The smallest absolute Gasteiger partial charge is 0.339 e. The van der Waals surface area contributed by atoms with Gasteiger partial charge >= 0.3 is 10.1 Å². The molecule has 0 N–H and O–H groups in total. The Balaban J connectivity index is 2.36. The maximum Gasteiger partial charge on any atom is 0.339 e. The molecule has 19 heavy (non-hydrogen) atoms. The van der Waals surface area contributed by atoms with E-state index >= 15 is 0 Å². The molecule has 0 aliphatic heterocycles. The molecule has 2 aromatic carbocycles. The van der Waals surface area contributed by atoms with Gasteiger partial charge in [-0.05, 0) is 36.4 Å². The van der Waals surface area contributed by atoms with E-state index in [1.54, 1.807) is 24.3 Å². The first kappa shape index (κ1) is 13.8. The van der Waals surface area contributed by atoms with Crippen LogP contribution in [0.1, 0.15) is 10.4 Å². The predicted molar refractivity (Wildman–Crippen MR) is 73.8 cm³/mol. The Morgan fingerprint density at radius 1 is 1.00 bits per heavy atom. The van der Waals surface area contributed by atoms with E-state index in [1.165, 1.54) is 24.3 Å². The van der Waals surface area contributed by atoms with Gasteiger partial charge in [0.2, 0.25) is 0 Å². The molecule has 98 valence electrons. The molecule has 0 bridgehead atoms. The lowest BCUT2D eigenvalue weighted by Gasteiger charge is -2.08. The van der Waals surface area contributed by atoms with Gasteiger partial charge in [-0.2, -0.15) is 8.42 Å². The van der Waals surface area contributed by atoms with Crippen LogP contribution in [0, 0.1) is 0 Å². The highest BCUT2D eigenvalue weighted by molar-refractivity contribution is 9.10. The van der Waals surface area contributed by atoms with E-state index in [2.05, 4.69) is 15.9 Å². The summed E-state index contributed by atoms with van der Waals surface area (Å²) in [4.78, 5) is 10.8. The van der Waals surface area contributed by atoms with E-state index in [-0.39, 0.29) is 16.2 Å². The number of aldehydes is 1. The average molecular weight is 341 g/mol. The van der Waals surface area contributed by atoms with Crippen LogP contribution in [-0.4, -0.2) is 14.7 Å². The van der Waals surface area contributed by atoms with Crippen LogP contribution < -0.4 is 4.18 Å². The third kappa shape index (κ3) is 3.21. The van der Waals surface area contributed by atoms with Crippen molar-refractivity contribution >= 4 is 32.3 Å². The SMILES string of the molecule is O=Cc1ccccc1OS(=O)(=O)c1ccc(Br)cc1. The van der Waals surface area contributed by atoms with Crippen molar-refractivity contribution in [2.75, 3.05) is 0 Å². The molecule has 0 aliphatic carbocycles. The number of rotatable bonds is 4. The highest BCUT2D eigenvalue weighted by Gasteiger charge is 2.17. The summed E-state index contributed by atoms with van der Waals surface area (Å²) in [6, 6.07) is 12.2. The van der Waals surface area contributed by atoms with Gasteiger partial charge in [0.05, 0.1) is 5.56 Å². The van der Waals surface area contributed by atoms with Gasteiger partial charge in [-0.1, -0.05) is 28.1 Å². The first-order chi connectivity index (χ1) is 9.03. The van der Waals surface area contributed by atoms with Crippen LogP contribution in [0.3, 0.4) is 0 Å². The largest absolute Gasteiger partial charge is 0.378 e. The third-order valence-electron chi connectivity index (χ3n) is 2.35. The molecule has 6 heteroatoms. The summed E-state index contributed by atoms with van der Waals surface area (Å²) in [7, 11) is -3.94. The number of hydrogen-bond acceptors (Lipinski definition) is 4. The fraction of sp³-hybridized carbons (Fsp3) is 0. The second-order valence-corrected chi connectivity index (χ2v) is 6.11. The average Bonchev–Trinajstić information content (AvgIpc) is 2.39. The van der Waals surface area contributed by atoms with Gasteiger partial charge in [-0.3, -0.25) is 4.79 Å². The summed E-state index contributed by atoms with van der Waals surface area (Å²) < 4.78 is 29.8. The molecule has 2 rings (SSSR count). The first-order valence-electron chi connectivity index (χ1n) is 5.27. The lowest BCUT2D eigenvalue weighted by molar-refractivity contribution is 0.112. The Bertz CT molecular complexity index is 693. The number of carbonyl (C=O) groups is 1. The van der Waals surface area contributed by atoms with Gasteiger partial charge in [0, 0.05) is 4.47 Å². The summed E-state index contributed by atoms with van der Waals surface area (Å²) in [5.74, 6) is 0.0143. The normalized spacial score (nSPS) is 11.0. The van der Waals surface area contributed by atoms with Crippen LogP contribution >= 0.6 is 15.9 Å². The lowest BCUT2D eigenvalue weighted by atomic mass is 10.2. The molecule has 0 atom stereocenters. The topological polar surface area (TPSA) is 60.4 Å². The van der Waals surface area contributed by atoms with Crippen molar-refractivity contribution in [3.05, 3.63) is 58.6 Å². The van der Waals surface area contributed by atoms with E-state index in [0.29, 0.717) is 6.29 Å². The summed E-state index contributed by atoms with van der Waals surface area (Å²) in [6.07, 6.45) is 0.548. The Labute approximate surface area is 119 Å². The molecule has 0 saturated heterocycles. The summed E-state index contributed by atoms with van der Waals surface area (Å²) in [5.41, 5.74) is 0.184. The predicted octanol–water partition coefficient (Wildman–Crippen LogP) is 3.03. The van der Waals surface area contributed by atoms with Crippen LogP contribution in [0.15, 0.2) is 57.9 Å². The molecule has 4 nitrogen and oxygen atoms in total. The fourth-order valence-electron chi connectivity index (χ4n) is 1.42. The molecule has 0 saturated carbocycles. The van der Waals surface area contributed by atoms with Crippen molar-refractivity contribution in [1.29, 1.82) is 0 Å². The Morgan fingerprint density at radius 3 is 2.26 bits per heavy atom. The van der Waals surface area contributed by atoms with Crippen LogP contribution in [0.2, 0.25) is 0 Å². The molecule has 0 spiro atoms. The van der Waals surface area contributed by atoms with Crippen LogP contribution in [0.5, 0.6) is 5.75 Å². The minimum absolute atomic E-state index is 0.0143. The van der Waals surface area contributed by atoms with Crippen molar-refractivity contribution < 1.29 is 17.4 Å². The van der Waals surface area contributed by atoms with Crippen LogP contribution in [-0.2, 0) is 10.1 Å². The van der Waals surface area contributed by atoms with Gasteiger partial charge < -0.3 is 4.18 Å². The standard InChI is InChI=1S/C13H9BrO4S/c14-11-5-7-12(8-6-11)19(16,17)18-13-4-2-1-3-10(13)9-15/h1-9H. The van der Waals surface area contributed by atoms with E-state index in [4.69, 9.17) is 4.18 Å². The molecule has 0 unspecified atom stereocenters. The zero-order valence-electron chi connectivity index (χ0n) is 9.62. The van der Waals surface area contributed by atoms with Gasteiger partial charge in [0.15, 0.2) is 12.0 Å². The first-order valence-corrected chi connectivity index (χ1v) is 7.47. The van der Waals surface area contributed by atoms with Gasteiger partial charge in [-0.15, -0.1) is 0 Å². The third-order valence-corrected chi connectivity index (χ3v) is 4.12. The van der Waals surface area contributed by atoms with Crippen molar-refractivity contribution in [2.24, 2.45) is 0 Å². The van der Waals surface area contributed by atoms with Crippen molar-refractivity contribution in [3.8, 4) is 5.75 Å². The molecule has 0 aromatic heterocycles. The van der Waals surface area contributed by atoms with Crippen molar-refractivity contribution in [3.63, 3.8) is 0 Å². The minimum atomic E-state index is -3.94. The molecule has 0 heterocycles. The molecular formula is C13H9BrO4S. The maximum absolute atomic E-state index is 12.0. The van der Waals surface area contributed by atoms with Crippen LogP contribution in [0.4, 0.5) is 0 Å². The van der Waals surface area contributed by atoms with Gasteiger partial charge in [0.1, 0.15) is 4.90 Å². The second kappa shape index (κ2) is 5.54. The molecule has 0 amide bonds. The zero-order valence-corrected chi connectivity index (χ0v) is 12.0. The Kier molecular flexibility index (Phi) is 4.01. The quantitative estimate of drug-likeness (QED) is 0.634. The van der Waals surface area contributed by atoms with Crippen LogP contribution in [0.25, 0.3) is 0 Å². The van der Waals surface area contributed by atoms with E-state index < -0.39 is 10.1 Å². The Morgan fingerprint density at radius 2 is 1.63 bits per heavy atom. The Hall–Kier alpha value is -1.66. The number of hydrogen-bond donors (Lipinski definition) is 0. The molecule has 0 radical (unpaired) electrons. The maximum atomic E-state index is 12.0. The number of para-hydroxylation sites is 1. The summed E-state index contributed by atoms with van der Waals surface area (Å²) in [5, 5.41) is 0. The highest BCUT2D eigenvalue weighted by Crippen LogP contribution is 2.22. The summed E-state index contributed by atoms with van der Waals surface area (Å²) in [6.45, 7) is 0. The van der Waals surface area contributed by atoms with Crippen molar-refractivity contribution in [1.82, 2.24) is 0 Å². The number of benzene rings is 2.